The molecule has 2 aromatic carbocycles. The summed E-state index contributed by atoms with van der Waals surface area (Å²) < 4.78 is 24.2. The molecule has 1 amide bonds. The Kier molecular flexibility index (Phi) is 6.27. The third-order valence-corrected chi connectivity index (χ3v) is 5.32. The van der Waals surface area contributed by atoms with Gasteiger partial charge in [0.05, 0.1) is 18.6 Å². The van der Waals surface area contributed by atoms with Crippen LogP contribution in [0.4, 0.5) is 4.39 Å². The Hall–Kier alpha value is -2.80. The Balaban J connectivity index is 1.71. The second kappa shape index (κ2) is 8.69. The second-order valence-electron chi connectivity index (χ2n) is 7.66. The molecule has 1 N–H and O–H groups in total. The largest absolute Gasteiger partial charge is 0.496 e. The number of halogens is 1. The number of ether oxygens (including phenoxy) is 1. The average molecular weight is 414 g/mol. The van der Waals surface area contributed by atoms with Gasteiger partial charge in [0.25, 0.3) is 5.91 Å². The molecule has 0 bridgehead atoms. The maximum Gasteiger partial charge on any atom is 0.261 e. The molecule has 3 rings (SSSR count). The molecule has 3 aromatic rings. The number of nitrogens with one attached hydrogen (secondary N) is 1. The molecule has 152 valence electrons. The number of carbonyl (C=O) groups is 1. The molecule has 7 heteroatoms. The van der Waals surface area contributed by atoms with Crippen LogP contribution in [0.25, 0.3) is 0 Å². The third-order valence-electron chi connectivity index (χ3n) is 4.49. The Morgan fingerprint density at radius 1 is 1.24 bits per heavy atom. The van der Waals surface area contributed by atoms with E-state index in [1.165, 1.54) is 6.07 Å². The fourth-order valence-electron chi connectivity index (χ4n) is 2.77. The topological polar surface area (TPSA) is 56.1 Å². The molecule has 1 heterocycles. The number of methoxy groups -OCH3 is 1. The fraction of sp³-hybridized carbons (Fsp3) is 0.273. The van der Waals surface area contributed by atoms with E-state index in [4.69, 9.17) is 4.74 Å². The van der Waals surface area contributed by atoms with Crippen molar-refractivity contribution in [1.82, 2.24) is 14.5 Å². The summed E-state index contributed by atoms with van der Waals surface area (Å²) in [6.07, 6.45) is 3.40. The van der Waals surface area contributed by atoms with Gasteiger partial charge in [0.2, 0.25) is 0 Å². The zero-order chi connectivity index (χ0) is 21.0. The molecule has 0 saturated heterocycles. The number of benzene rings is 2. The van der Waals surface area contributed by atoms with Crippen molar-refractivity contribution >= 4 is 17.9 Å². The highest BCUT2D eigenvalue weighted by Crippen LogP contribution is 2.33. The average Bonchev–Trinajstić information content (AvgIpc) is 3.19. The van der Waals surface area contributed by atoms with Crippen LogP contribution in [0.5, 0.6) is 5.75 Å². The van der Waals surface area contributed by atoms with Gasteiger partial charge in [-0.05, 0) is 53.3 Å². The first kappa shape index (κ1) is 20.9. The van der Waals surface area contributed by atoms with Gasteiger partial charge in [-0.25, -0.2) is 4.39 Å². The standard InChI is InChI=1S/C22H24FN3O2S/c1-22(2,3)17-8-9-19(28-4)20(13-17)29-25-21(27)15-6-7-16(18(23)12-15)14-26-11-5-10-24-26/h5-13H,14H2,1-4H3,(H,25,27). The fourth-order valence-corrected chi connectivity index (χ4v) is 3.53. The summed E-state index contributed by atoms with van der Waals surface area (Å²) in [7, 11) is 1.59. The summed E-state index contributed by atoms with van der Waals surface area (Å²) in [5.74, 6) is -0.141. The van der Waals surface area contributed by atoms with Gasteiger partial charge in [0.15, 0.2) is 0 Å². The third kappa shape index (κ3) is 5.17. The lowest BCUT2D eigenvalue weighted by Gasteiger charge is -2.20. The van der Waals surface area contributed by atoms with Crippen molar-refractivity contribution in [3.05, 3.63) is 77.4 Å². The first-order chi connectivity index (χ1) is 13.8. The van der Waals surface area contributed by atoms with E-state index in [0.717, 1.165) is 22.4 Å². The zero-order valence-electron chi connectivity index (χ0n) is 16.9. The van der Waals surface area contributed by atoms with Crippen LogP contribution in [0.3, 0.4) is 0 Å². The highest BCUT2D eigenvalue weighted by Gasteiger charge is 2.17. The van der Waals surface area contributed by atoms with Crippen LogP contribution in [-0.4, -0.2) is 22.8 Å². The van der Waals surface area contributed by atoms with Crippen molar-refractivity contribution < 1.29 is 13.9 Å². The number of aromatic nitrogens is 2. The molecule has 0 unspecified atom stereocenters. The van der Waals surface area contributed by atoms with E-state index in [1.807, 2.05) is 18.2 Å². The van der Waals surface area contributed by atoms with Crippen molar-refractivity contribution in [2.45, 2.75) is 37.6 Å². The SMILES string of the molecule is COc1ccc(C(C)(C)C)cc1SNC(=O)c1ccc(Cn2cccn2)c(F)c1. The molecular formula is C22H24FN3O2S. The molecule has 1 aromatic heterocycles. The van der Waals surface area contributed by atoms with Crippen LogP contribution < -0.4 is 9.46 Å². The first-order valence-electron chi connectivity index (χ1n) is 9.19. The molecule has 0 spiro atoms. The summed E-state index contributed by atoms with van der Waals surface area (Å²) in [6, 6.07) is 12.1. The normalized spacial score (nSPS) is 11.3. The van der Waals surface area contributed by atoms with Crippen LogP contribution >= 0.6 is 11.9 Å². The Bertz CT molecular complexity index is 998. The highest BCUT2D eigenvalue weighted by molar-refractivity contribution is 7.98. The Morgan fingerprint density at radius 2 is 2.03 bits per heavy atom. The molecule has 0 saturated carbocycles. The number of amides is 1. The van der Waals surface area contributed by atoms with Crippen molar-refractivity contribution in [1.29, 1.82) is 0 Å². The number of hydrogen-bond acceptors (Lipinski definition) is 4. The van der Waals surface area contributed by atoms with Gasteiger partial charge >= 0.3 is 0 Å². The van der Waals surface area contributed by atoms with Crippen molar-refractivity contribution in [3.63, 3.8) is 0 Å². The maximum atomic E-state index is 14.4. The minimum absolute atomic E-state index is 0.0286. The van der Waals surface area contributed by atoms with Crippen molar-refractivity contribution in [3.8, 4) is 5.75 Å². The van der Waals surface area contributed by atoms with E-state index in [2.05, 4.69) is 30.6 Å². The van der Waals surface area contributed by atoms with Gasteiger partial charge in [-0.1, -0.05) is 32.9 Å². The molecule has 0 radical (unpaired) electrons. The van der Waals surface area contributed by atoms with E-state index < -0.39 is 5.82 Å². The van der Waals surface area contributed by atoms with Crippen LogP contribution in [0, 0.1) is 5.82 Å². The summed E-state index contributed by atoms with van der Waals surface area (Å²) >= 11 is 1.16. The second-order valence-corrected chi connectivity index (χ2v) is 8.51. The lowest BCUT2D eigenvalue weighted by molar-refractivity contribution is 0.0984. The molecule has 0 aliphatic carbocycles. The molecule has 0 aliphatic heterocycles. The van der Waals surface area contributed by atoms with Gasteiger partial charge in [0.1, 0.15) is 11.6 Å². The number of nitrogens with zero attached hydrogens (tertiary/aromatic N) is 2. The van der Waals surface area contributed by atoms with E-state index >= 15 is 0 Å². The predicted octanol–water partition coefficient (Wildman–Crippen LogP) is 4.81. The molecule has 0 atom stereocenters. The van der Waals surface area contributed by atoms with Gasteiger partial charge in [-0.2, -0.15) is 5.10 Å². The predicted molar refractivity (Wildman–Crippen MR) is 113 cm³/mol. The van der Waals surface area contributed by atoms with Gasteiger partial charge in [-0.15, -0.1) is 0 Å². The highest BCUT2D eigenvalue weighted by atomic mass is 32.2. The monoisotopic (exact) mass is 413 g/mol. The molecule has 0 aliphatic rings. The number of carbonyl (C=O) groups excluding carboxylic acids is 1. The smallest absolute Gasteiger partial charge is 0.261 e. The van der Waals surface area contributed by atoms with Crippen LogP contribution in [0.15, 0.2) is 59.8 Å². The number of rotatable bonds is 6. The number of hydrogen-bond donors (Lipinski definition) is 1. The molecule has 5 nitrogen and oxygen atoms in total. The maximum absolute atomic E-state index is 14.4. The van der Waals surface area contributed by atoms with E-state index in [1.54, 1.807) is 42.4 Å². The van der Waals surface area contributed by atoms with Gasteiger partial charge in [0, 0.05) is 23.5 Å². The van der Waals surface area contributed by atoms with Crippen molar-refractivity contribution in [2.24, 2.45) is 0 Å². The zero-order valence-corrected chi connectivity index (χ0v) is 17.7. The lowest BCUT2D eigenvalue weighted by Crippen LogP contribution is -2.17. The minimum atomic E-state index is -0.439. The summed E-state index contributed by atoms with van der Waals surface area (Å²) in [5, 5.41) is 4.07. The molecule has 29 heavy (non-hydrogen) atoms. The van der Waals surface area contributed by atoms with E-state index in [0.29, 0.717) is 17.9 Å². The summed E-state index contributed by atoms with van der Waals surface area (Å²) in [6.45, 7) is 6.67. The van der Waals surface area contributed by atoms with Crippen LogP contribution in [-0.2, 0) is 12.0 Å². The Labute approximate surface area is 174 Å². The van der Waals surface area contributed by atoms with Gasteiger partial charge in [-0.3, -0.25) is 14.2 Å². The molecular weight excluding hydrogens is 389 g/mol. The summed E-state index contributed by atoms with van der Waals surface area (Å²) in [5.41, 5.74) is 1.82. The van der Waals surface area contributed by atoms with E-state index in [-0.39, 0.29) is 16.9 Å². The molecule has 0 fully saturated rings. The van der Waals surface area contributed by atoms with Crippen LogP contribution in [0.1, 0.15) is 42.3 Å². The van der Waals surface area contributed by atoms with Gasteiger partial charge < -0.3 is 4.74 Å². The van der Waals surface area contributed by atoms with Crippen molar-refractivity contribution in [2.75, 3.05) is 7.11 Å². The first-order valence-corrected chi connectivity index (χ1v) is 10.0. The van der Waals surface area contributed by atoms with E-state index in [9.17, 15) is 9.18 Å². The lowest BCUT2D eigenvalue weighted by atomic mass is 9.87. The quantitative estimate of drug-likeness (QED) is 0.589. The minimum Gasteiger partial charge on any atom is -0.496 e. The Morgan fingerprint density at radius 3 is 2.66 bits per heavy atom. The summed E-state index contributed by atoms with van der Waals surface area (Å²) in [4.78, 5) is 13.3. The van der Waals surface area contributed by atoms with Crippen LogP contribution in [0.2, 0.25) is 0 Å².